The van der Waals surface area contributed by atoms with Gasteiger partial charge in [0, 0.05) is 12.8 Å². The second-order valence-corrected chi connectivity index (χ2v) is 6.02. The van der Waals surface area contributed by atoms with Crippen molar-refractivity contribution in [3.63, 3.8) is 0 Å². The Labute approximate surface area is 150 Å². The zero-order valence-corrected chi connectivity index (χ0v) is 14.4. The largest absolute Gasteiger partial charge is 0.422 e. The molecule has 0 saturated carbocycles. The Kier molecular flexibility index (Phi) is 8.23. The van der Waals surface area contributed by atoms with Crippen molar-refractivity contribution in [3.8, 4) is 0 Å². The smallest absolute Gasteiger partial charge is 0.321 e. The molecule has 27 heavy (non-hydrogen) atoms. The Morgan fingerprint density at radius 1 is 0.778 bits per heavy atom. The number of halogens is 7. The molecule has 0 atom stereocenters. The van der Waals surface area contributed by atoms with Gasteiger partial charge in [0.2, 0.25) is 5.91 Å². The summed E-state index contributed by atoms with van der Waals surface area (Å²) >= 11 is 0. The first-order valence-electron chi connectivity index (χ1n) is 8.19. The van der Waals surface area contributed by atoms with Crippen LogP contribution in [0.25, 0.3) is 0 Å². The lowest BCUT2D eigenvalue weighted by atomic mass is 10.1. The standard InChI is InChI=1S/C17H18F7NO2/c1-9(26)7-5-3-2-4-6-8-10(27)25-16-14(20)12(18)11(17(22,23)24)13(19)15(16)21/h2-8H2,1H3,(H,25,27). The second-order valence-electron chi connectivity index (χ2n) is 6.02. The van der Waals surface area contributed by atoms with Gasteiger partial charge in [-0.05, 0) is 19.8 Å². The monoisotopic (exact) mass is 401 g/mol. The van der Waals surface area contributed by atoms with E-state index in [4.69, 9.17) is 0 Å². The molecular formula is C17H18F7NO2. The fourth-order valence-electron chi connectivity index (χ4n) is 2.38. The van der Waals surface area contributed by atoms with Gasteiger partial charge in [0.15, 0.2) is 23.3 Å². The third kappa shape index (κ3) is 6.51. The first-order valence-corrected chi connectivity index (χ1v) is 8.19. The molecule has 1 aromatic rings. The maximum atomic E-state index is 13.7. The van der Waals surface area contributed by atoms with Gasteiger partial charge in [-0.1, -0.05) is 19.3 Å². The summed E-state index contributed by atoms with van der Waals surface area (Å²) in [6, 6.07) is 0. The van der Waals surface area contributed by atoms with E-state index >= 15 is 0 Å². The van der Waals surface area contributed by atoms with Gasteiger partial charge in [0.1, 0.15) is 17.0 Å². The number of carbonyl (C=O) groups excluding carboxylic acids is 2. The number of hydrogen-bond acceptors (Lipinski definition) is 2. The molecule has 1 aromatic carbocycles. The Hall–Kier alpha value is -2.13. The number of alkyl halides is 3. The number of rotatable bonds is 9. The van der Waals surface area contributed by atoms with Crippen LogP contribution in [0.15, 0.2) is 0 Å². The van der Waals surface area contributed by atoms with Gasteiger partial charge in [-0.15, -0.1) is 0 Å². The fourth-order valence-corrected chi connectivity index (χ4v) is 2.38. The van der Waals surface area contributed by atoms with Gasteiger partial charge in [-0.25, -0.2) is 17.6 Å². The lowest BCUT2D eigenvalue weighted by molar-refractivity contribution is -0.143. The summed E-state index contributed by atoms with van der Waals surface area (Å²) in [5, 5.41) is 1.57. The van der Waals surface area contributed by atoms with Gasteiger partial charge in [0.05, 0.1) is 0 Å². The van der Waals surface area contributed by atoms with Crippen LogP contribution >= 0.6 is 0 Å². The van der Waals surface area contributed by atoms with Crippen molar-refractivity contribution in [2.45, 2.75) is 58.0 Å². The van der Waals surface area contributed by atoms with Crippen LogP contribution in [-0.4, -0.2) is 11.7 Å². The van der Waals surface area contributed by atoms with Gasteiger partial charge in [-0.3, -0.25) is 4.79 Å². The molecule has 0 radical (unpaired) electrons. The predicted octanol–water partition coefficient (Wildman–Crippen LogP) is 5.52. The topological polar surface area (TPSA) is 46.2 Å². The number of benzene rings is 1. The van der Waals surface area contributed by atoms with E-state index < -0.39 is 46.6 Å². The lowest BCUT2D eigenvalue weighted by Gasteiger charge is -2.14. The molecule has 1 amide bonds. The summed E-state index contributed by atoms with van der Waals surface area (Å²) < 4.78 is 91.7. The molecule has 0 spiro atoms. The van der Waals surface area contributed by atoms with Crippen molar-refractivity contribution < 1.29 is 40.3 Å². The number of carbonyl (C=O) groups is 2. The van der Waals surface area contributed by atoms with Crippen LogP contribution in [-0.2, 0) is 15.8 Å². The average Bonchev–Trinajstić information content (AvgIpc) is 2.54. The molecule has 0 aromatic heterocycles. The molecule has 0 aliphatic carbocycles. The highest BCUT2D eigenvalue weighted by Crippen LogP contribution is 2.38. The van der Waals surface area contributed by atoms with E-state index in [2.05, 4.69) is 0 Å². The van der Waals surface area contributed by atoms with Crippen molar-refractivity contribution in [1.29, 1.82) is 0 Å². The number of anilines is 1. The Morgan fingerprint density at radius 2 is 1.22 bits per heavy atom. The van der Waals surface area contributed by atoms with Crippen LogP contribution in [0.5, 0.6) is 0 Å². The van der Waals surface area contributed by atoms with E-state index in [9.17, 15) is 40.3 Å². The average molecular weight is 401 g/mol. The number of Topliss-reactive ketones (excluding diaryl/α,β-unsaturated/α-hetero) is 1. The van der Waals surface area contributed by atoms with Gasteiger partial charge >= 0.3 is 6.18 Å². The molecule has 0 heterocycles. The lowest BCUT2D eigenvalue weighted by Crippen LogP contribution is -2.20. The van der Waals surface area contributed by atoms with E-state index in [-0.39, 0.29) is 12.2 Å². The molecule has 0 aliphatic heterocycles. The summed E-state index contributed by atoms with van der Waals surface area (Å²) in [6.07, 6.45) is -2.43. The van der Waals surface area contributed by atoms with Crippen LogP contribution in [0.3, 0.4) is 0 Å². The molecule has 1 rings (SSSR count). The fraction of sp³-hybridized carbons (Fsp3) is 0.529. The molecule has 0 bridgehead atoms. The van der Waals surface area contributed by atoms with Crippen LogP contribution in [0.1, 0.15) is 57.4 Å². The first-order chi connectivity index (χ1) is 12.5. The van der Waals surface area contributed by atoms with Crippen LogP contribution in [0.4, 0.5) is 36.4 Å². The van der Waals surface area contributed by atoms with Crippen molar-refractivity contribution in [2.75, 3.05) is 5.32 Å². The van der Waals surface area contributed by atoms with E-state index in [1.807, 2.05) is 0 Å². The highest BCUT2D eigenvalue weighted by atomic mass is 19.4. The van der Waals surface area contributed by atoms with Crippen LogP contribution in [0, 0.1) is 23.3 Å². The van der Waals surface area contributed by atoms with E-state index in [0.29, 0.717) is 32.1 Å². The number of unbranched alkanes of at least 4 members (excludes halogenated alkanes) is 4. The SMILES string of the molecule is CC(=O)CCCCCCCC(=O)Nc1c(F)c(F)c(C(F)(F)F)c(F)c1F. The Morgan fingerprint density at radius 3 is 1.67 bits per heavy atom. The minimum atomic E-state index is -5.64. The minimum Gasteiger partial charge on any atom is -0.321 e. The summed E-state index contributed by atoms with van der Waals surface area (Å²) in [4.78, 5) is 22.4. The van der Waals surface area contributed by atoms with Crippen molar-refractivity contribution >= 4 is 17.4 Å². The normalized spacial score (nSPS) is 11.6. The molecular weight excluding hydrogens is 383 g/mol. The van der Waals surface area contributed by atoms with Crippen molar-refractivity contribution in [2.24, 2.45) is 0 Å². The van der Waals surface area contributed by atoms with E-state index in [0.717, 1.165) is 6.42 Å². The quantitative estimate of drug-likeness (QED) is 0.336. The maximum absolute atomic E-state index is 13.7. The van der Waals surface area contributed by atoms with Gasteiger partial charge < -0.3 is 10.1 Å². The number of hydrogen-bond donors (Lipinski definition) is 1. The molecule has 152 valence electrons. The van der Waals surface area contributed by atoms with Crippen LogP contribution in [0.2, 0.25) is 0 Å². The highest BCUT2D eigenvalue weighted by molar-refractivity contribution is 5.91. The Balaban J connectivity index is 2.66. The van der Waals surface area contributed by atoms with E-state index in [1.54, 1.807) is 5.32 Å². The van der Waals surface area contributed by atoms with Crippen LogP contribution < -0.4 is 5.32 Å². The summed E-state index contributed by atoms with van der Waals surface area (Å²) in [5.74, 6) is -10.8. The summed E-state index contributed by atoms with van der Waals surface area (Å²) in [5.41, 5.74) is -4.29. The molecule has 0 saturated heterocycles. The third-order valence-electron chi connectivity index (χ3n) is 3.74. The van der Waals surface area contributed by atoms with Gasteiger partial charge in [-0.2, -0.15) is 13.2 Å². The molecule has 10 heteroatoms. The van der Waals surface area contributed by atoms with Crippen molar-refractivity contribution in [3.05, 3.63) is 28.8 Å². The zero-order chi connectivity index (χ0) is 20.8. The number of nitrogens with one attached hydrogen (secondary N) is 1. The number of amides is 1. The second kappa shape index (κ2) is 9.70. The summed E-state index contributed by atoms with van der Waals surface area (Å²) in [7, 11) is 0. The summed E-state index contributed by atoms with van der Waals surface area (Å²) in [6.45, 7) is 1.47. The van der Waals surface area contributed by atoms with Crippen molar-refractivity contribution in [1.82, 2.24) is 0 Å². The molecule has 3 nitrogen and oxygen atoms in total. The molecule has 0 fully saturated rings. The zero-order valence-electron chi connectivity index (χ0n) is 14.4. The highest BCUT2D eigenvalue weighted by Gasteiger charge is 2.42. The van der Waals surface area contributed by atoms with Gasteiger partial charge in [0.25, 0.3) is 0 Å². The Bertz CT molecular complexity index is 672. The molecule has 0 aliphatic rings. The first kappa shape index (κ1) is 22.9. The molecule has 0 unspecified atom stereocenters. The molecule has 1 N–H and O–H groups in total. The predicted molar refractivity (Wildman–Crippen MR) is 82.9 cm³/mol. The third-order valence-corrected chi connectivity index (χ3v) is 3.74. The maximum Gasteiger partial charge on any atom is 0.422 e. The number of ketones is 1. The van der Waals surface area contributed by atoms with E-state index in [1.165, 1.54) is 6.92 Å². The minimum absolute atomic E-state index is 0.0643.